The van der Waals surface area contributed by atoms with E-state index in [1.165, 1.54) is 0 Å². The molecule has 0 unspecified atom stereocenters. The van der Waals surface area contributed by atoms with Crippen molar-refractivity contribution in [2.45, 2.75) is 56.7 Å². The smallest absolute Gasteiger partial charge is 0.339 e. The molecule has 1 aliphatic carbocycles. The molecule has 0 atom stereocenters. The van der Waals surface area contributed by atoms with Gasteiger partial charge in [0.05, 0.1) is 5.41 Å². The zero-order chi connectivity index (χ0) is 36.3. The standard InChI is InChI=1S/C43H38O6S2/c1-27-15-19-35(20-16-27)50(44,45)48-41-29(3)23-33(24-30(41)4)43(39-13-9-7-11-37(39)38-12-8-10-14-40(38)43)34-25-31(5)42(32(6)26-34)49-51(46,47)36-21-17-28(2)18-22-36/h7-26H,1-6H3. The Morgan fingerprint density at radius 3 is 1.08 bits per heavy atom. The summed E-state index contributed by atoms with van der Waals surface area (Å²) in [4.78, 5) is 0.174. The quantitative estimate of drug-likeness (QED) is 0.146. The Bertz CT molecular complexity index is 2330. The summed E-state index contributed by atoms with van der Waals surface area (Å²) < 4.78 is 65.3. The number of rotatable bonds is 8. The first-order valence-corrected chi connectivity index (χ1v) is 19.5. The van der Waals surface area contributed by atoms with E-state index >= 15 is 0 Å². The van der Waals surface area contributed by atoms with E-state index in [2.05, 4.69) is 24.3 Å². The first kappa shape index (κ1) is 34.3. The molecule has 6 aromatic carbocycles. The van der Waals surface area contributed by atoms with Crippen LogP contribution in [0.3, 0.4) is 0 Å². The maximum absolute atomic E-state index is 13.4. The van der Waals surface area contributed by atoms with Gasteiger partial charge in [0.2, 0.25) is 0 Å². The van der Waals surface area contributed by atoms with E-state index in [-0.39, 0.29) is 21.3 Å². The van der Waals surface area contributed by atoms with Crippen molar-refractivity contribution in [1.29, 1.82) is 0 Å². The van der Waals surface area contributed by atoms with Crippen molar-refractivity contribution < 1.29 is 25.2 Å². The van der Waals surface area contributed by atoms with Crippen LogP contribution in [-0.2, 0) is 25.7 Å². The molecule has 0 heterocycles. The van der Waals surface area contributed by atoms with Gasteiger partial charge in [0, 0.05) is 0 Å². The van der Waals surface area contributed by atoms with Crippen LogP contribution in [0.1, 0.15) is 55.6 Å². The minimum atomic E-state index is -4.09. The fraction of sp³-hybridized carbons (Fsp3) is 0.163. The summed E-state index contributed by atoms with van der Waals surface area (Å²) in [7, 11) is -8.18. The molecule has 0 saturated heterocycles. The van der Waals surface area contributed by atoms with Gasteiger partial charge in [0.15, 0.2) is 0 Å². The van der Waals surface area contributed by atoms with E-state index in [4.69, 9.17) is 8.37 Å². The molecule has 0 N–H and O–H groups in total. The highest BCUT2D eigenvalue weighted by Crippen LogP contribution is 2.57. The molecule has 0 spiro atoms. The monoisotopic (exact) mass is 714 g/mol. The van der Waals surface area contributed by atoms with E-state index in [9.17, 15) is 16.8 Å². The summed E-state index contributed by atoms with van der Waals surface area (Å²) >= 11 is 0. The largest absolute Gasteiger partial charge is 0.378 e. The van der Waals surface area contributed by atoms with Crippen molar-refractivity contribution in [3.8, 4) is 22.6 Å². The van der Waals surface area contributed by atoms with Crippen molar-refractivity contribution >= 4 is 20.2 Å². The molecule has 0 saturated carbocycles. The van der Waals surface area contributed by atoms with Crippen molar-refractivity contribution in [2.24, 2.45) is 0 Å². The molecule has 258 valence electrons. The van der Waals surface area contributed by atoms with Crippen LogP contribution < -0.4 is 8.37 Å². The van der Waals surface area contributed by atoms with Gasteiger partial charge in [-0.1, -0.05) is 108 Å². The minimum absolute atomic E-state index is 0.0868. The van der Waals surface area contributed by atoms with Crippen LogP contribution in [-0.4, -0.2) is 16.8 Å². The lowest BCUT2D eigenvalue weighted by atomic mass is 9.66. The van der Waals surface area contributed by atoms with Gasteiger partial charge in [0.25, 0.3) is 0 Å². The van der Waals surface area contributed by atoms with Gasteiger partial charge in [-0.25, -0.2) is 0 Å². The fourth-order valence-electron chi connectivity index (χ4n) is 7.35. The number of aryl methyl sites for hydroxylation is 6. The predicted molar refractivity (Wildman–Crippen MR) is 201 cm³/mol. The maximum Gasteiger partial charge on any atom is 0.339 e. The highest BCUT2D eigenvalue weighted by atomic mass is 32.2. The van der Waals surface area contributed by atoms with E-state index < -0.39 is 25.7 Å². The maximum atomic E-state index is 13.4. The molecule has 8 heteroatoms. The Morgan fingerprint density at radius 1 is 0.431 bits per heavy atom. The highest BCUT2D eigenvalue weighted by molar-refractivity contribution is 7.87. The lowest BCUT2D eigenvalue weighted by molar-refractivity contribution is 0.480. The molecule has 0 bridgehead atoms. The number of benzene rings is 6. The summed E-state index contributed by atoms with van der Waals surface area (Å²) in [6, 6.07) is 37.8. The molecule has 6 nitrogen and oxygen atoms in total. The van der Waals surface area contributed by atoms with Gasteiger partial charge in [-0.15, -0.1) is 0 Å². The summed E-state index contributed by atoms with van der Waals surface area (Å²) in [5.41, 5.74) is 9.88. The summed E-state index contributed by atoms with van der Waals surface area (Å²) in [6.45, 7) is 11.2. The van der Waals surface area contributed by atoms with Crippen molar-refractivity contribution in [2.75, 3.05) is 0 Å². The van der Waals surface area contributed by atoms with Crippen molar-refractivity contribution in [3.63, 3.8) is 0 Å². The molecular formula is C43H38O6S2. The Morgan fingerprint density at radius 2 is 0.745 bits per heavy atom. The van der Waals surface area contributed by atoms with Gasteiger partial charge >= 0.3 is 20.2 Å². The topological polar surface area (TPSA) is 86.7 Å². The van der Waals surface area contributed by atoms with Gasteiger partial charge in [-0.3, -0.25) is 0 Å². The zero-order valence-corrected chi connectivity index (χ0v) is 30.9. The third-order valence-corrected chi connectivity index (χ3v) is 12.2. The van der Waals surface area contributed by atoms with Crippen LogP contribution in [0.2, 0.25) is 0 Å². The first-order valence-electron chi connectivity index (χ1n) is 16.7. The molecule has 51 heavy (non-hydrogen) atoms. The summed E-state index contributed by atoms with van der Waals surface area (Å²) in [5, 5.41) is 0. The summed E-state index contributed by atoms with van der Waals surface area (Å²) in [5.74, 6) is 0.568. The van der Waals surface area contributed by atoms with Crippen LogP contribution in [0.4, 0.5) is 0 Å². The van der Waals surface area contributed by atoms with Crippen LogP contribution in [0, 0.1) is 41.5 Å². The number of hydrogen-bond donors (Lipinski definition) is 0. The third-order valence-electron chi connectivity index (χ3n) is 9.74. The number of fused-ring (bicyclic) bond motifs is 3. The zero-order valence-electron chi connectivity index (χ0n) is 29.3. The van der Waals surface area contributed by atoms with Gasteiger partial charge in [-0.05, 0) is 121 Å². The molecule has 1 aliphatic rings. The second-order valence-corrected chi connectivity index (χ2v) is 16.5. The molecule has 6 aromatic rings. The highest BCUT2D eigenvalue weighted by Gasteiger charge is 2.47. The van der Waals surface area contributed by atoms with E-state index in [0.29, 0.717) is 22.3 Å². The normalized spacial score (nSPS) is 13.4. The lowest BCUT2D eigenvalue weighted by Gasteiger charge is -2.35. The minimum Gasteiger partial charge on any atom is -0.378 e. The molecule has 7 rings (SSSR count). The third kappa shape index (κ3) is 5.82. The first-order chi connectivity index (χ1) is 24.2. The average Bonchev–Trinajstić information content (AvgIpc) is 3.39. The molecule has 0 aromatic heterocycles. The SMILES string of the molecule is Cc1ccc(S(=O)(=O)Oc2c(C)cc(C3(c4cc(C)c(OS(=O)(=O)c5ccc(C)cc5)c(C)c4)c4ccccc4-c4ccccc43)cc2C)cc1. The summed E-state index contributed by atoms with van der Waals surface area (Å²) in [6.07, 6.45) is 0. The van der Waals surface area contributed by atoms with Crippen LogP contribution in [0.15, 0.2) is 131 Å². The van der Waals surface area contributed by atoms with Gasteiger partial charge < -0.3 is 8.37 Å². The molecule has 0 amide bonds. The molecule has 0 radical (unpaired) electrons. The lowest BCUT2D eigenvalue weighted by Crippen LogP contribution is -2.29. The Hall–Kier alpha value is -5.18. The average molecular weight is 715 g/mol. The molecule has 0 fully saturated rings. The molecule has 0 aliphatic heterocycles. The second kappa shape index (κ2) is 12.5. The molecular weight excluding hydrogens is 677 g/mol. The Balaban J connectivity index is 1.41. The fourth-order valence-corrected chi connectivity index (χ4v) is 9.44. The number of hydrogen-bond acceptors (Lipinski definition) is 6. The van der Waals surface area contributed by atoms with E-state index in [1.54, 1.807) is 48.5 Å². The van der Waals surface area contributed by atoms with Crippen LogP contribution in [0.25, 0.3) is 11.1 Å². The van der Waals surface area contributed by atoms with E-state index in [1.807, 2.05) is 90.1 Å². The Labute approximate surface area is 300 Å². The Kier molecular flexibility index (Phi) is 8.43. The van der Waals surface area contributed by atoms with Crippen LogP contribution in [0.5, 0.6) is 11.5 Å². The second-order valence-electron chi connectivity index (χ2n) is 13.4. The van der Waals surface area contributed by atoms with Gasteiger partial charge in [0.1, 0.15) is 21.3 Å². The van der Waals surface area contributed by atoms with Crippen molar-refractivity contribution in [3.05, 3.63) is 177 Å². The van der Waals surface area contributed by atoms with Gasteiger partial charge in [-0.2, -0.15) is 16.8 Å². The van der Waals surface area contributed by atoms with E-state index in [0.717, 1.165) is 44.5 Å². The van der Waals surface area contributed by atoms with Crippen molar-refractivity contribution in [1.82, 2.24) is 0 Å². The predicted octanol–water partition coefficient (Wildman–Crippen LogP) is 9.44. The van der Waals surface area contributed by atoms with Crippen LogP contribution >= 0.6 is 0 Å².